The van der Waals surface area contributed by atoms with Gasteiger partial charge in [0.15, 0.2) is 15.6 Å². The van der Waals surface area contributed by atoms with Gasteiger partial charge in [0.1, 0.15) is 5.75 Å². The van der Waals surface area contributed by atoms with E-state index in [-0.39, 0.29) is 4.90 Å². The van der Waals surface area contributed by atoms with Crippen molar-refractivity contribution in [2.75, 3.05) is 18.1 Å². The average molecular weight is 671 g/mol. The van der Waals surface area contributed by atoms with E-state index in [0.717, 1.165) is 34.2 Å². The first-order valence-electron chi connectivity index (χ1n) is 14.1. The number of ketones is 1. The number of Topliss-reactive ketones (excluding diaryl/α,β-unsaturated/α-hetero) is 1. The highest BCUT2D eigenvalue weighted by Crippen LogP contribution is 2.23. The Balaban J connectivity index is 0.00000154. The molecule has 5 aromatic carbocycles. The lowest BCUT2D eigenvalue weighted by molar-refractivity contribution is 0.102. The van der Waals surface area contributed by atoms with Gasteiger partial charge in [-0.1, -0.05) is 102 Å². The lowest BCUT2D eigenvalue weighted by atomic mass is 10.0. The van der Waals surface area contributed by atoms with E-state index >= 15 is 0 Å². The van der Waals surface area contributed by atoms with E-state index in [4.69, 9.17) is 13.9 Å². The Hall–Kier alpha value is -4.58. The van der Waals surface area contributed by atoms with Crippen molar-refractivity contribution in [3.8, 4) is 0 Å². The number of hydrogen-bond acceptors (Lipinski definition) is 8. The van der Waals surface area contributed by atoms with E-state index in [1.165, 1.54) is 4.90 Å². The third-order valence-electron chi connectivity index (χ3n) is 7.02. The molecule has 0 saturated carbocycles. The Labute approximate surface area is 275 Å². The molecule has 0 heterocycles. The summed E-state index contributed by atoms with van der Waals surface area (Å²) in [6, 6.07) is 37.4. The van der Waals surface area contributed by atoms with E-state index in [9.17, 15) is 13.2 Å². The molecule has 46 heavy (non-hydrogen) atoms. The van der Waals surface area contributed by atoms with Gasteiger partial charge in [-0.05, 0) is 51.7 Å². The van der Waals surface area contributed by atoms with Gasteiger partial charge >= 0.3 is 11.6 Å². The first kappa shape index (κ1) is 34.3. The lowest BCUT2D eigenvalue weighted by Gasteiger charge is -2.23. The van der Waals surface area contributed by atoms with Gasteiger partial charge in [0.05, 0.1) is 4.90 Å². The van der Waals surface area contributed by atoms with Crippen LogP contribution in [0.5, 0.6) is 0 Å². The second-order valence-electron chi connectivity index (χ2n) is 10.1. The molecule has 0 aliphatic heterocycles. The lowest BCUT2D eigenvalue weighted by Crippen LogP contribution is -2.25. The third-order valence-corrected chi connectivity index (χ3v) is 9.65. The van der Waals surface area contributed by atoms with Gasteiger partial charge in [-0.2, -0.15) is 8.42 Å². The Bertz CT molecular complexity index is 1950. The van der Waals surface area contributed by atoms with E-state index in [1.807, 2.05) is 72.8 Å². The van der Waals surface area contributed by atoms with E-state index < -0.39 is 32.9 Å². The summed E-state index contributed by atoms with van der Waals surface area (Å²) in [5.41, 5.74) is 11.7. The van der Waals surface area contributed by atoms with Crippen LogP contribution in [0, 0.1) is 0 Å². The van der Waals surface area contributed by atoms with Crippen molar-refractivity contribution in [2.24, 2.45) is 5.11 Å². The topological polar surface area (TPSA) is 137 Å². The Morgan fingerprint density at radius 1 is 0.761 bits per heavy atom. The maximum Gasteiger partial charge on any atom is 0.335 e. The summed E-state index contributed by atoms with van der Waals surface area (Å²) in [7, 11) is -3.82. The van der Waals surface area contributed by atoms with Gasteiger partial charge in [0, 0.05) is 46.4 Å². The smallest absolute Gasteiger partial charge is 0.294 e. The molecule has 5 aromatic rings. The van der Waals surface area contributed by atoms with Crippen LogP contribution in [-0.2, 0) is 34.5 Å². The molecular formula is C34H30N4O5S3. The summed E-state index contributed by atoms with van der Waals surface area (Å²) in [5.74, 6) is -0.132. The minimum Gasteiger partial charge on any atom is -0.294 e. The predicted octanol–water partition coefficient (Wildman–Crippen LogP) is 7.56. The molecule has 5 rings (SSSR count). The zero-order valence-electron chi connectivity index (χ0n) is 24.6. The molecule has 0 amide bonds. The van der Waals surface area contributed by atoms with Crippen molar-refractivity contribution in [3.63, 3.8) is 0 Å². The van der Waals surface area contributed by atoms with Crippen molar-refractivity contribution in [3.05, 3.63) is 148 Å². The van der Waals surface area contributed by atoms with Gasteiger partial charge in [-0.25, -0.2) is 8.42 Å². The first-order chi connectivity index (χ1) is 22.3. The zero-order chi connectivity index (χ0) is 32.8. The molecule has 0 fully saturated rings. The average Bonchev–Trinajstić information content (AvgIpc) is 3.06. The van der Waals surface area contributed by atoms with Crippen molar-refractivity contribution >= 4 is 55.4 Å². The van der Waals surface area contributed by atoms with Crippen LogP contribution in [0.1, 0.15) is 21.5 Å². The fraction of sp³-hybridized carbons (Fsp3) is 0.147. The number of carbonyl (C=O) groups excluding carboxylic acids is 1. The van der Waals surface area contributed by atoms with Gasteiger partial charge < -0.3 is 0 Å². The van der Waals surface area contributed by atoms with E-state index in [2.05, 4.69) is 27.1 Å². The van der Waals surface area contributed by atoms with Crippen LogP contribution < -0.4 is 0 Å². The fourth-order valence-corrected chi connectivity index (χ4v) is 7.02. The molecule has 9 nitrogen and oxygen atoms in total. The molecule has 0 spiro atoms. The second kappa shape index (κ2) is 17.2. The third kappa shape index (κ3) is 9.96. The molecule has 0 N–H and O–H groups in total. The van der Waals surface area contributed by atoms with E-state index in [1.54, 1.807) is 48.2 Å². The number of fused-ring (bicyclic) bond motifs is 1. The van der Waals surface area contributed by atoms with Crippen molar-refractivity contribution in [1.29, 1.82) is 0 Å². The summed E-state index contributed by atoms with van der Waals surface area (Å²) in [4.78, 5) is 19.6. The van der Waals surface area contributed by atoms with Crippen LogP contribution in [0.3, 0.4) is 0 Å². The number of nitrogens with zero attached hydrogens (tertiary/aromatic N) is 4. The molecule has 234 valence electrons. The summed E-state index contributed by atoms with van der Waals surface area (Å²) in [6.45, 7) is 2.09. The molecule has 0 aliphatic carbocycles. The maximum atomic E-state index is 13.2. The highest BCUT2D eigenvalue weighted by molar-refractivity contribution is 7.99. The van der Waals surface area contributed by atoms with Crippen LogP contribution in [0.2, 0.25) is 0 Å². The monoisotopic (exact) mass is 670 g/mol. The molecule has 0 atom stereocenters. The number of carbonyl (C=O) groups is 1. The van der Waals surface area contributed by atoms with Crippen LogP contribution in [0.25, 0.3) is 21.2 Å². The molecule has 0 saturated heterocycles. The molecular weight excluding hydrogens is 641 g/mol. The Morgan fingerprint density at radius 2 is 1.35 bits per heavy atom. The largest absolute Gasteiger partial charge is 0.335 e. The Morgan fingerprint density at radius 3 is 2.00 bits per heavy atom. The molecule has 0 bridgehead atoms. The molecule has 0 aromatic heterocycles. The fourth-order valence-electron chi connectivity index (χ4n) is 4.86. The molecule has 12 heteroatoms. The number of azide groups is 1. The number of thioether (sulfide) groups is 1. The summed E-state index contributed by atoms with van der Waals surface area (Å²) in [6.07, 6.45) is 0. The number of hydrogen-bond donors (Lipinski definition) is 0. The normalized spacial score (nSPS) is 10.9. The number of benzene rings is 5. The second-order valence-corrected chi connectivity index (χ2v) is 13.4. The SMILES string of the molecule is O=S=O.[N-]=[N+]=Nc1ccc(CN(CCSc2ccccc2)Cc2ccc(S(=O)(=O)CC(=O)c3cccc4ccccc34)cc2)cc1. The molecule has 0 unspecified atom stereocenters. The van der Waals surface area contributed by atoms with Crippen LogP contribution >= 0.6 is 11.8 Å². The summed E-state index contributed by atoms with van der Waals surface area (Å²) < 4.78 is 43.0. The van der Waals surface area contributed by atoms with Crippen molar-refractivity contribution in [1.82, 2.24) is 4.90 Å². The quantitative estimate of drug-likeness (QED) is 0.0414. The predicted molar refractivity (Wildman–Crippen MR) is 182 cm³/mol. The molecule has 0 aliphatic rings. The standard InChI is InChI=1S/C34H30N4O3S2.O2S/c35-37-36-29-17-13-26(14-18-29)23-38(21-22-42-30-9-2-1-3-10-30)24-27-15-19-31(20-16-27)43(40,41)25-34(39)33-12-6-8-28-7-4-5-11-32(28)33;1-3-2/h1-20H,21-25H2;. The minimum absolute atomic E-state index is 0.129. The summed E-state index contributed by atoms with van der Waals surface area (Å²) >= 11 is 1.03. The van der Waals surface area contributed by atoms with E-state index in [0.29, 0.717) is 24.3 Å². The van der Waals surface area contributed by atoms with Gasteiger partial charge in [-0.15, -0.1) is 11.8 Å². The van der Waals surface area contributed by atoms with Gasteiger partial charge in [0.25, 0.3) is 0 Å². The van der Waals surface area contributed by atoms with Crippen molar-refractivity contribution in [2.45, 2.75) is 22.9 Å². The first-order valence-corrected chi connectivity index (χ1v) is 17.4. The van der Waals surface area contributed by atoms with Crippen LogP contribution in [0.4, 0.5) is 5.69 Å². The Kier molecular flexibility index (Phi) is 12.8. The number of sulfone groups is 1. The highest BCUT2D eigenvalue weighted by atomic mass is 32.2. The number of rotatable bonds is 13. The van der Waals surface area contributed by atoms with Crippen LogP contribution in [0.15, 0.2) is 136 Å². The summed E-state index contributed by atoms with van der Waals surface area (Å²) in [5, 5.41) is 5.29. The zero-order valence-corrected chi connectivity index (χ0v) is 27.1. The van der Waals surface area contributed by atoms with Gasteiger partial charge in [-0.3, -0.25) is 9.69 Å². The van der Waals surface area contributed by atoms with Crippen LogP contribution in [-0.4, -0.2) is 45.6 Å². The maximum absolute atomic E-state index is 13.2. The highest BCUT2D eigenvalue weighted by Gasteiger charge is 2.22. The van der Waals surface area contributed by atoms with Crippen molar-refractivity contribution < 1.29 is 21.6 Å². The molecule has 0 radical (unpaired) electrons. The van der Waals surface area contributed by atoms with Gasteiger partial charge in [0.2, 0.25) is 0 Å². The minimum atomic E-state index is -3.82.